The highest BCUT2D eigenvalue weighted by molar-refractivity contribution is 6.08. The first-order chi connectivity index (χ1) is 13.8. The first kappa shape index (κ1) is 20.1. The van der Waals surface area contributed by atoms with Crippen LogP contribution in [0.2, 0.25) is 0 Å². The first-order valence-corrected chi connectivity index (χ1v) is 9.27. The van der Waals surface area contributed by atoms with Gasteiger partial charge in [-0.15, -0.1) is 0 Å². The molecule has 0 saturated carbocycles. The van der Waals surface area contributed by atoms with Gasteiger partial charge in [0.05, 0.1) is 0 Å². The van der Waals surface area contributed by atoms with E-state index in [-0.39, 0.29) is 17.5 Å². The van der Waals surface area contributed by atoms with Gasteiger partial charge in [-0.05, 0) is 67.4 Å². The van der Waals surface area contributed by atoms with Crippen molar-refractivity contribution in [3.8, 4) is 0 Å². The standard InChI is InChI=1S/C23H24N4O2/c1-15-5-6-16(2)20(13-15)26-23(29)21-14-17(11-12-24-21)22(28)25-18-7-9-19(10-8-18)27(3)4/h5-14H,1-4H3,(H,25,28)(H,26,29). The molecule has 148 valence electrons. The minimum Gasteiger partial charge on any atom is -0.378 e. The molecule has 6 nitrogen and oxygen atoms in total. The van der Waals surface area contributed by atoms with Crippen LogP contribution in [0.5, 0.6) is 0 Å². The molecular formula is C23H24N4O2. The number of aryl methyl sites for hydroxylation is 2. The van der Waals surface area contributed by atoms with Crippen LogP contribution in [-0.2, 0) is 0 Å². The van der Waals surface area contributed by atoms with E-state index in [0.717, 1.165) is 22.5 Å². The van der Waals surface area contributed by atoms with Gasteiger partial charge in [-0.25, -0.2) is 0 Å². The van der Waals surface area contributed by atoms with E-state index in [2.05, 4.69) is 15.6 Å². The van der Waals surface area contributed by atoms with Crippen molar-refractivity contribution < 1.29 is 9.59 Å². The number of nitrogens with zero attached hydrogens (tertiary/aromatic N) is 2. The Hall–Kier alpha value is -3.67. The number of pyridine rings is 1. The third-order valence-electron chi connectivity index (χ3n) is 4.54. The molecule has 3 aromatic rings. The third kappa shape index (κ3) is 4.99. The zero-order valence-electron chi connectivity index (χ0n) is 17.0. The summed E-state index contributed by atoms with van der Waals surface area (Å²) in [6, 6.07) is 16.4. The monoisotopic (exact) mass is 388 g/mol. The third-order valence-corrected chi connectivity index (χ3v) is 4.54. The van der Waals surface area contributed by atoms with E-state index in [1.807, 2.05) is 75.3 Å². The van der Waals surface area contributed by atoms with Crippen LogP contribution in [0.1, 0.15) is 32.0 Å². The average molecular weight is 388 g/mol. The van der Waals surface area contributed by atoms with E-state index in [4.69, 9.17) is 0 Å². The van der Waals surface area contributed by atoms with E-state index in [9.17, 15) is 9.59 Å². The topological polar surface area (TPSA) is 74.3 Å². The Kier molecular flexibility index (Phi) is 5.93. The molecule has 1 aromatic heterocycles. The van der Waals surface area contributed by atoms with Crippen LogP contribution in [0.15, 0.2) is 60.8 Å². The second kappa shape index (κ2) is 8.56. The molecule has 0 unspecified atom stereocenters. The van der Waals surface area contributed by atoms with Crippen LogP contribution < -0.4 is 15.5 Å². The number of hydrogen-bond acceptors (Lipinski definition) is 4. The SMILES string of the molecule is Cc1ccc(C)c(NC(=O)c2cc(C(=O)Nc3ccc(N(C)C)cc3)ccn2)c1. The summed E-state index contributed by atoms with van der Waals surface area (Å²) in [5.74, 6) is -0.658. The Balaban J connectivity index is 1.73. The van der Waals surface area contributed by atoms with Gasteiger partial charge < -0.3 is 15.5 Å². The summed E-state index contributed by atoms with van der Waals surface area (Å²) in [6.45, 7) is 3.89. The number of benzene rings is 2. The Morgan fingerprint density at radius 1 is 0.862 bits per heavy atom. The number of nitrogens with one attached hydrogen (secondary N) is 2. The number of aromatic nitrogens is 1. The molecule has 0 aliphatic heterocycles. The fourth-order valence-electron chi connectivity index (χ4n) is 2.80. The summed E-state index contributed by atoms with van der Waals surface area (Å²) in [5.41, 5.74) is 5.00. The Morgan fingerprint density at radius 3 is 2.28 bits per heavy atom. The van der Waals surface area contributed by atoms with Gasteiger partial charge in [0.2, 0.25) is 0 Å². The van der Waals surface area contributed by atoms with Crippen molar-refractivity contribution in [2.75, 3.05) is 29.6 Å². The van der Waals surface area contributed by atoms with E-state index >= 15 is 0 Å². The van der Waals surface area contributed by atoms with Crippen molar-refractivity contribution in [2.45, 2.75) is 13.8 Å². The van der Waals surface area contributed by atoms with Crippen molar-refractivity contribution in [1.82, 2.24) is 4.98 Å². The van der Waals surface area contributed by atoms with Crippen LogP contribution in [-0.4, -0.2) is 30.9 Å². The Labute approximate surface area is 170 Å². The number of rotatable bonds is 5. The highest BCUT2D eigenvalue weighted by Crippen LogP contribution is 2.18. The molecule has 0 radical (unpaired) electrons. The van der Waals surface area contributed by atoms with Gasteiger partial charge in [0, 0.05) is 42.9 Å². The summed E-state index contributed by atoms with van der Waals surface area (Å²) < 4.78 is 0. The minimum absolute atomic E-state index is 0.182. The molecule has 29 heavy (non-hydrogen) atoms. The second-order valence-corrected chi connectivity index (χ2v) is 7.10. The molecule has 0 fully saturated rings. The number of carbonyl (C=O) groups excluding carboxylic acids is 2. The molecule has 0 spiro atoms. The predicted molar refractivity (Wildman–Crippen MR) is 117 cm³/mol. The lowest BCUT2D eigenvalue weighted by Gasteiger charge is -2.13. The molecule has 0 atom stereocenters. The van der Waals surface area contributed by atoms with Gasteiger partial charge in [0.1, 0.15) is 5.69 Å². The van der Waals surface area contributed by atoms with Gasteiger partial charge in [-0.1, -0.05) is 12.1 Å². The summed E-state index contributed by atoms with van der Waals surface area (Å²) >= 11 is 0. The lowest BCUT2D eigenvalue weighted by atomic mass is 10.1. The Bertz CT molecular complexity index is 1040. The predicted octanol–water partition coefficient (Wildman–Crippen LogP) is 4.27. The van der Waals surface area contributed by atoms with Gasteiger partial charge in [-0.2, -0.15) is 0 Å². The molecule has 2 aromatic carbocycles. The Morgan fingerprint density at radius 2 is 1.59 bits per heavy atom. The number of carbonyl (C=O) groups is 2. The quantitative estimate of drug-likeness (QED) is 0.685. The van der Waals surface area contributed by atoms with Crippen LogP contribution in [0.3, 0.4) is 0 Å². The molecule has 0 bridgehead atoms. The van der Waals surface area contributed by atoms with Gasteiger partial charge in [0.15, 0.2) is 0 Å². The molecule has 3 rings (SSSR count). The second-order valence-electron chi connectivity index (χ2n) is 7.10. The van der Waals surface area contributed by atoms with Crippen molar-refractivity contribution >= 4 is 28.9 Å². The van der Waals surface area contributed by atoms with Crippen LogP contribution >= 0.6 is 0 Å². The summed E-state index contributed by atoms with van der Waals surface area (Å²) in [7, 11) is 3.91. The normalized spacial score (nSPS) is 10.3. The number of hydrogen-bond donors (Lipinski definition) is 2. The van der Waals surface area contributed by atoms with Crippen LogP contribution in [0.25, 0.3) is 0 Å². The average Bonchev–Trinajstić information content (AvgIpc) is 2.71. The minimum atomic E-state index is -0.358. The maximum atomic E-state index is 12.6. The van der Waals surface area contributed by atoms with Crippen LogP contribution in [0, 0.1) is 13.8 Å². The van der Waals surface area contributed by atoms with E-state index in [1.165, 1.54) is 12.3 Å². The van der Waals surface area contributed by atoms with E-state index < -0.39 is 0 Å². The van der Waals surface area contributed by atoms with E-state index in [0.29, 0.717) is 11.3 Å². The van der Waals surface area contributed by atoms with Crippen molar-refractivity contribution in [3.63, 3.8) is 0 Å². The highest BCUT2D eigenvalue weighted by Gasteiger charge is 2.13. The summed E-state index contributed by atoms with van der Waals surface area (Å²) in [6.07, 6.45) is 1.46. The van der Waals surface area contributed by atoms with Crippen molar-refractivity contribution in [1.29, 1.82) is 0 Å². The smallest absolute Gasteiger partial charge is 0.274 e. The molecule has 2 amide bonds. The number of amides is 2. The zero-order valence-corrected chi connectivity index (χ0v) is 17.0. The lowest BCUT2D eigenvalue weighted by Crippen LogP contribution is -2.17. The summed E-state index contributed by atoms with van der Waals surface area (Å²) in [5, 5.41) is 5.70. The van der Waals surface area contributed by atoms with Crippen molar-refractivity contribution in [3.05, 3.63) is 83.2 Å². The lowest BCUT2D eigenvalue weighted by molar-refractivity contribution is 0.102. The first-order valence-electron chi connectivity index (χ1n) is 9.27. The fourth-order valence-corrected chi connectivity index (χ4v) is 2.80. The van der Waals surface area contributed by atoms with Crippen LogP contribution in [0.4, 0.5) is 17.1 Å². The molecular weight excluding hydrogens is 364 g/mol. The maximum Gasteiger partial charge on any atom is 0.274 e. The van der Waals surface area contributed by atoms with Gasteiger partial charge >= 0.3 is 0 Å². The van der Waals surface area contributed by atoms with Crippen molar-refractivity contribution in [2.24, 2.45) is 0 Å². The number of anilines is 3. The molecule has 0 saturated heterocycles. The largest absolute Gasteiger partial charge is 0.378 e. The molecule has 0 aliphatic rings. The van der Waals surface area contributed by atoms with Gasteiger partial charge in [0.25, 0.3) is 11.8 Å². The van der Waals surface area contributed by atoms with Gasteiger partial charge in [-0.3, -0.25) is 14.6 Å². The summed E-state index contributed by atoms with van der Waals surface area (Å²) in [4.78, 5) is 31.3. The highest BCUT2D eigenvalue weighted by atomic mass is 16.2. The molecule has 1 heterocycles. The zero-order chi connectivity index (χ0) is 21.0. The van der Waals surface area contributed by atoms with E-state index in [1.54, 1.807) is 6.07 Å². The molecule has 0 aliphatic carbocycles. The fraction of sp³-hybridized carbons (Fsp3) is 0.174. The maximum absolute atomic E-state index is 12.6. The molecule has 6 heteroatoms. The molecule has 2 N–H and O–H groups in total.